The van der Waals surface area contributed by atoms with Crippen LogP contribution in [0, 0.1) is 0 Å². The average Bonchev–Trinajstić information content (AvgIpc) is 3.18. The molecule has 0 aliphatic rings. The van der Waals surface area contributed by atoms with Crippen LogP contribution < -0.4 is 10.0 Å². The molecule has 3 N–H and O–H groups in total. The molecule has 0 aliphatic heterocycles. The minimum Gasteiger partial charge on any atom is -0.384 e. The summed E-state index contributed by atoms with van der Waals surface area (Å²) in [5.74, 6) is 0. The third kappa shape index (κ3) is 4.78. The molecule has 0 saturated heterocycles. The summed E-state index contributed by atoms with van der Waals surface area (Å²) in [5, 5.41) is 18.9. The summed E-state index contributed by atoms with van der Waals surface area (Å²) < 4.78 is 29.4. The number of hydrogen-bond acceptors (Lipinski definition) is 6. The molecule has 4 rings (SSSR count). The highest BCUT2D eigenvalue weighted by Gasteiger charge is 2.26. The molecule has 2 aromatic carbocycles. The molecule has 8 heteroatoms. The maximum absolute atomic E-state index is 12.8. The van der Waals surface area contributed by atoms with Crippen LogP contribution in [0.4, 0.5) is 0 Å². The zero-order valence-electron chi connectivity index (χ0n) is 17.4. The molecule has 2 heterocycles. The van der Waals surface area contributed by atoms with Crippen LogP contribution in [0.2, 0.25) is 0 Å². The Balaban J connectivity index is 1.38. The van der Waals surface area contributed by atoms with Crippen molar-refractivity contribution in [2.24, 2.45) is 0 Å². The van der Waals surface area contributed by atoms with E-state index in [0.29, 0.717) is 13.1 Å². The molecule has 2 aromatic heterocycles. The van der Waals surface area contributed by atoms with Crippen LogP contribution in [0.5, 0.6) is 0 Å². The van der Waals surface area contributed by atoms with Gasteiger partial charge in [0.05, 0.1) is 4.90 Å². The van der Waals surface area contributed by atoms with Crippen LogP contribution in [-0.2, 0) is 15.6 Å². The zero-order valence-corrected chi connectivity index (χ0v) is 19.0. The van der Waals surface area contributed by atoms with Crippen molar-refractivity contribution in [1.29, 1.82) is 0 Å². The van der Waals surface area contributed by atoms with E-state index in [1.165, 1.54) is 0 Å². The maximum atomic E-state index is 12.8. The fraction of sp³-hybridized carbons (Fsp3) is 0.261. The van der Waals surface area contributed by atoms with E-state index in [9.17, 15) is 13.5 Å². The Labute approximate surface area is 186 Å². The summed E-state index contributed by atoms with van der Waals surface area (Å²) >= 11 is 1.60. The molecule has 1 unspecified atom stereocenters. The smallest absolute Gasteiger partial charge is 0.240 e. The van der Waals surface area contributed by atoms with Gasteiger partial charge in [-0.15, -0.1) is 11.3 Å². The van der Waals surface area contributed by atoms with Crippen molar-refractivity contribution in [1.82, 2.24) is 15.0 Å². The van der Waals surface area contributed by atoms with Gasteiger partial charge in [-0.2, -0.15) is 0 Å². The summed E-state index contributed by atoms with van der Waals surface area (Å²) in [7, 11) is -3.66. The Morgan fingerprint density at radius 3 is 2.81 bits per heavy atom. The molecule has 0 aliphatic carbocycles. The van der Waals surface area contributed by atoms with Crippen LogP contribution in [0.3, 0.4) is 0 Å². The molecule has 31 heavy (non-hydrogen) atoms. The predicted molar refractivity (Wildman–Crippen MR) is 126 cm³/mol. The zero-order chi connectivity index (χ0) is 22.1. The molecule has 0 amide bonds. The monoisotopic (exact) mass is 455 g/mol. The van der Waals surface area contributed by atoms with E-state index >= 15 is 0 Å². The predicted octanol–water partition coefficient (Wildman–Crippen LogP) is 3.61. The second-order valence-electron chi connectivity index (χ2n) is 7.96. The summed E-state index contributed by atoms with van der Waals surface area (Å²) in [6, 6.07) is 14.4. The van der Waals surface area contributed by atoms with Crippen LogP contribution in [0.1, 0.15) is 19.4 Å². The first-order valence-electron chi connectivity index (χ1n) is 10.0. The fourth-order valence-corrected chi connectivity index (χ4v) is 5.99. The first-order valence-corrected chi connectivity index (χ1v) is 12.4. The van der Waals surface area contributed by atoms with Crippen molar-refractivity contribution < 1.29 is 13.5 Å². The quantitative estimate of drug-likeness (QED) is 0.378. The number of pyridine rings is 1. The lowest BCUT2D eigenvalue weighted by Gasteiger charge is -2.25. The van der Waals surface area contributed by atoms with Crippen LogP contribution in [0.15, 0.2) is 71.2 Å². The molecule has 4 aromatic rings. The van der Waals surface area contributed by atoms with Gasteiger partial charge < -0.3 is 10.4 Å². The molecule has 0 fully saturated rings. The van der Waals surface area contributed by atoms with Gasteiger partial charge in [0.1, 0.15) is 5.60 Å². The van der Waals surface area contributed by atoms with Gasteiger partial charge in [-0.05, 0) is 54.3 Å². The number of rotatable bonds is 8. The van der Waals surface area contributed by atoms with Gasteiger partial charge in [-0.3, -0.25) is 4.98 Å². The van der Waals surface area contributed by atoms with Crippen LogP contribution >= 0.6 is 11.3 Å². The van der Waals surface area contributed by atoms with Gasteiger partial charge >= 0.3 is 0 Å². The van der Waals surface area contributed by atoms with Gasteiger partial charge in [0, 0.05) is 47.2 Å². The highest BCUT2D eigenvalue weighted by molar-refractivity contribution is 7.89. The minimum atomic E-state index is -3.66. The minimum absolute atomic E-state index is 0.217. The van der Waals surface area contributed by atoms with Gasteiger partial charge in [0.25, 0.3) is 0 Å². The standard InChI is InChI=1S/C23H25N3O3S2/c1-16(26-31(28,29)19-8-7-18-13-24-10-9-17(18)11-19)12-25-15-23(2,27)21-14-30-22-6-4-3-5-20(21)22/h3-11,13-14,16,25-27H,12,15H2,1-2H3/t16-,23?/m1/s1. The van der Waals surface area contributed by atoms with Gasteiger partial charge in [0.15, 0.2) is 0 Å². The van der Waals surface area contributed by atoms with Gasteiger partial charge in [-0.25, -0.2) is 13.1 Å². The van der Waals surface area contributed by atoms with E-state index in [2.05, 4.69) is 15.0 Å². The number of nitrogens with one attached hydrogen (secondary N) is 2. The Kier molecular flexibility index (Phi) is 6.09. The number of nitrogens with zero attached hydrogens (tertiary/aromatic N) is 1. The van der Waals surface area contributed by atoms with Crippen molar-refractivity contribution in [3.63, 3.8) is 0 Å². The van der Waals surface area contributed by atoms with E-state index in [0.717, 1.165) is 26.4 Å². The van der Waals surface area contributed by atoms with E-state index in [4.69, 9.17) is 0 Å². The first kappa shape index (κ1) is 21.9. The van der Waals surface area contributed by atoms with Crippen molar-refractivity contribution >= 4 is 42.2 Å². The number of sulfonamides is 1. The molecule has 0 spiro atoms. The summed E-state index contributed by atoms with van der Waals surface area (Å²) in [6.07, 6.45) is 3.34. The molecule has 0 radical (unpaired) electrons. The van der Waals surface area contributed by atoms with Crippen molar-refractivity contribution in [3.05, 3.63) is 71.9 Å². The second-order valence-corrected chi connectivity index (χ2v) is 10.6. The Morgan fingerprint density at radius 1 is 1.16 bits per heavy atom. The summed E-state index contributed by atoms with van der Waals surface area (Å²) in [6.45, 7) is 4.26. The Bertz CT molecular complexity index is 1320. The average molecular weight is 456 g/mol. The number of thiophene rings is 1. The van der Waals surface area contributed by atoms with Crippen molar-refractivity contribution in [2.75, 3.05) is 13.1 Å². The van der Waals surface area contributed by atoms with E-state index in [-0.39, 0.29) is 10.9 Å². The number of hydrogen-bond donors (Lipinski definition) is 3. The number of fused-ring (bicyclic) bond motifs is 2. The largest absolute Gasteiger partial charge is 0.384 e. The van der Waals surface area contributed by atoms with Gasteiger partial charge in [0.2, 0.25) is 10.0 Å². The third-order valence-corrected chi connectivity index (χ3v) is 7.81. The topological polar surface area (TPSA) is 91.3 Å². The molecule has 0 bridgehead atoms. The fourth-order valence-electron chi connectivity index (χ4n) is 3.63. The molecule has 162 valence electrons. The molecular weight excluding hydrogens is 430 g/mol. The molecular formula is C23H25N3O3S2. The molecule has 0 saturated carbocycles. The number of aromatic nitrogens is 1. The van der Waals surface area contributed by atoms with Crippen LogP contribution in [0.25, 0.3) is 20.9 Å². The molecule has 2 atom stereocenters. The SMILES string of the molecule is C[C@H](CNCC(C)(O)c1csc2ccccc12)NS(=O)(=O)c1ccc2cnccc2c1. The third-order valence-electron chi connectivity index (χ3n) is 5.26. The first-order chi connectivity index (χ1) is 14.8. The number of benzene rings is 2. The lowest BCUT2D eigenvalue weighted by atomic mass is 9.95. The van der Waals surface area contributed by atoms with Gasteiger partial charge in [-0.1, -0.05) is 24.3 Å². The van der Waals surface area contributed by atoms with Crippen LogP contribution in [-0.4, -0.2) is 37.6 Å². The normalized spacial score (nSPS) is 15.2. The van der Waals surface area contributed by atoms with Crippen molar-refractivity contribution in [2.45, 2.75) is 30.4 Å². The van der Waals surface area contributed by atoms with Crippen molar-refractivity contribution in [3.8, 4) is 0 Å². The lowest BCUT2D eigenvalue weighted by Crippen LogP contribution is -2.43. The lowest BCUT2D eigenvalue weighted by molar-refractivity contribution is 0.0587. The van der Waals surface area contributed by atoms with E-state index in [1.807, 2.05) is 29.6 Å². The molecule has 6 nitrogen and oxygen atoms in total. The highest BCUT2D eigenvalue weighted by Crippen LogP contribution is 2.33. The second kappa shape index (κ2) is 8.64. The summed E-state index contributed by atoms with van der Waals surface area (Å²) in [4.78, 5) is 4.27. The summed E-state index contributed by atoms with van der Waals surface area (Å²) in [5.41, 5.74) is -0.190. The van der Waals surface area contributed by atoms with E-state index < -0.39 is 15.6 Å². The Morgan fingerprint density at radius 2 is 1.97 bits per heavy atom. The Hall–Kier alpha value is -2.36. The van der Waals surface area contributed by atoms with E-state index in [1.54, 1.807) is 61.8 Å². The maximum Gasteiger partial charge on any atom is 0.240 e. The highest BCUT2D eigenvalue weighted by atomic mass is 32.2. The number of aliphatic hydroxyl groups is 1.